The van der Waals surface area contributed by atoms with Crippen molar-refractivity contribution in [2.24, 2.45) is 5.92 Å². The third-order valence-electron chi connectivity index (χ3n) is 7.08. The standard InChI is InChI=1S/C26H29N3O4/c30-21-13-15-29(16-14-21)26(32)19-7-5-17(6-8-19)18-9-11-20(12-10-18)27-25(31)24-22-3-1-2-4-23(22)28-33-24/h1-4,9-12,17,19,21,30H,5-8,13-16H2,(H,27,31). The van der Waals surface area contributed by atoms with Gasteiger partial charge in [-0.15, -0.1) is 0 Å². The molecule has 2 N–H and O–H groups in total. The van der Waals surface area contributed by atoms with Crippen LogP contribution in [0.15, 0.2) is 53.1 Å². The van der Waals surface area contributed by atoms with Gasteiger partial charge in [-0.1, -0.05) is 29.4 Å². The van der Waals surface area contributed by atoms with Crippen LogP contribution in [0, 0.1) is 5.92 Å². The van der Waals surface area contributed by atoms with Gasteiger partial charge in [-0.05, 0) is 74.3 Å². The highest BCUT2D eigenvalue weighted by Gasteiger charge is 2.31. The number of nitrogens with zero attached hydrogens (tertiary/aromatic N) is 2. The number of piperidine rings is 1. The van der Waals surface area contributed by atoms with Gasteiger partial charge in [0.15, 0.2) is 0 Å². The van der Waals surface area contributed by atoms with E-state index in [1.165, 1.54) is 5.56 Å². The number of likely N-dealkylation sites (tertiary alicyclic amines) is 1. The molecule has 0 radical (unpaired) electrons. The van der Waals surface area contributed by atoms with Crippen LogP contribution < -0.4 is 5.32 Å². The molecule has 1 aromatic heterocycles. The lowest BCUT2D eigenvalue weighted by Crippen LogP contribution is -2.43. The molecule has 7 heteroatoms. The fourth-order valence-electron chi connectivity index (χ4n) is 5.10. The number of hydrogen-bond donors (Lipinski definition) is 2. The number of nitrogens with one attached hydrogen (secondary N) is 1. The number of carbonyl (C=O) groups excluding carboxylic acids is 2. The van der Waals surface area contributed by atoms with E-state index >= 15 is 0 Å². The zero-order chi connectivity index (χ0) is 22.8. The van der Waals surface area contributed by atoms with E-state index in [1.54, 1.807) is 0 Å². The van der Waals surface area contributed by atoms with E-state index in [0.717, 1.165) is 25.7 Å². The predicted molar refractivity (Wildman–Crippen MR) is 125 cm³/mol. The van der Waals surface area contributed by atoms with Gasteiger partial charge in [-0.2, -0.15) is 0 Å². The maximum absolute atomic E-state index is 12.8. The molecule has 2 aliphatic rings. The van der Waals surface area contributed by atoms with E-state index in [1.807, 2.05) is 41.3 Å². The largest absolute Gasteiger partial charge is 0.393 e. The van der Waals surface area contributed by atoms with Crippen LogP contribution in [0.5, 0.6) is 0 Å². The van der Waals surface area contributed by atoms with Crippen molar-refractivity contribution >= 4 is 28.4 Å². The quantitative estimate of drug-likeness (QED) is 0.620. The minimum absolute atomic E-state index is 0.104. The topological polar surface area (TPSA) is 95.7 Å². The Morgan fingerprint density at radius 2 is 1.64 bits per heavy atom. The van der Waals surface area contributed by atoms with Gasteiger partial charge in [0.1, 0.15) is 5.52 Å². The fourth-order valence-corrected chi connectivity index (χ4v) is 5.10. The van der Waals surface area contributed by atoms with Crippen LogP contribution in [-0.4, -0.2) is 46.2 Å². The maximum atomic E-state index is 12.8. The number of fused-ring (bicyclic) bond motifs is 1. The molecule has 1 aliphatic heterocycles. The first-order chi connectivity index (χ1) is 16.1. The second kappa shape index (κ2) is 9.35. The van der Waals surface area contributed by atoms with E-state index in [9.17, 15) is 14.7 Å². The molecule has 5 rings (SSSR count). The molecule has 1 saturated carbocycles. The van der Waals surface area contributed by atoms with Crippen molar-refractivity contribution in [1.82, 2.24) is 10.1 Å². The van der Waals surface area contributed by atoms with Crippen LogP contribution in [0.25, 0.3) is 10.9 Å². The number of rotatable bonds is 4. The summed E-state index contributed by atoms with van der Waals surface area (Å²) in [6.45, 7) is 1.36. The molecule has 2 fully saturated rings. The second-order valence-electron chi connectivity index (χ2n) is 9.21. The van der Waals surface area contributed by atoms with Crippen LogP contribution >= 0.6 is 0 Å². The number of anilines is 1. The zero-order valence-electron chi connectivity index (χ0n) is 18.6. The summed E-state index contributed by atoms with van der Waals surface area (Å²) in [6.07, 6.45) is 4.91. The van der Waals surface area contributed by atoms with Gasteiger partial charge in [0.2, 0.25) is 11.7 Å². The highest BCUT2D eigenvalue weighted by atomic mass is 16.5. The SMILES string of the molecule is O=C(Nc1ccc(C2CCC(C(=O)N3CCC(O)CC3)CC2)cc1)c1onc2ccccc12. The summed E-state index contributed by atoms with van der Waals surface area (Å²) in [6, 6.07) is 15.3. The predicted octanol–water partition coefficient (Wildman–Crippen LogP) is 4.34. The summed E-state index contributed by atoms with van der Waals surface area (Å²) >= 11 is 0. The number of amides is 2. The molecule has 1 saturated heterocycles. The summed E-state index contributed by atoms with van der Waals surface area (Å²) in [7, 11) is 0. The third-order valence-corrected chi connectivity index (χ3v) is 7.08. The Labute approximate surface area is 192 Å². The summed E-state index contributed by atoms with van der Waals surface area (Å²) in [4.78, 5) is 27.4. The minimum Gasteiger partial charge on any atom is -0.393 e. The number of aliphatic hydroxyl groups is 1. The molecule has 0 bridgehead atoms. The van der Waals surface area contributed by atoms with Crippen LogP contribution in [0.4, 0.5) is 5.69 Å². The molecule has 2 heterocycles. The Morgan fingerprint density at radius 1 is 0.939 bits per heavy atom. The van der Waals surface area contributed by atoms with Crippen LogP contribution in [-0.2, 0) is 4.79 Å². The lowest BCUT2D eigenvalue weighted by atomic mass is 9.78. The number of aliphatic hydroxyl groups excluding tert-OH is 1. The summed E-state index contributed by atoms with van der Waals surface area (Å²) in [5.74, 6) is 0.687. The lowest BCUT2D eigenvalue weighted by Gasteiger charge is -2.35. The highest BCUT2D eigenvalue weighted by molar-refractivity contribution is 6.10. The number of hydrogen-bond acceptors (Lipinski definition) is 5. The molecule has 172 valence electrons. The fraction of sp³-hybridized carbons (Fsp3) is 0.423. The van der Waals surface area contributed by atoms with Gasteiger partial charge < -0.3 is 19.8 Å². The first-order valence-corrected chi connectivity index (χ1v) is 11.8. The normalized spacial score (nSPS) is 21.8. The van der Waals surface area contributed by atoms with Crippen molar-refractivity contribution in [2.75, 3.05) is 18.4 Å². The second-order valence-corrected chi connectivity index (χ2v) is 9.21. The summed E-state index contributed by atoms with van der Waals surface area (Å²) in [5.41, 5.74) is 2.61. The third kappa shape index (κ3) is 4.64. The highest BCUT2D eigenvalue weighted by Crippen LogP contribution is 2.37. The molecule has 7 nitrogen and oxygen atoms in total. The molecule has 3 aromatic rings. The lowest BCUT2D eigenvalue weighted by molar-refractivity contribution is -0.138. The molecule has 0 unspecified atom stereocenters. The van der Waals surface area contributed by atoms with Crippen molar-refractivity contribution in [3.63, 3.8) is 0 Å². The molecule has 0 atom stereocenters. The van der Waals surface area contributed by atoms with Gasteiger partial charge in [0.05, 0.1) is 11.5 Å². The Hall–Kier alpha value is -3.19. The Morgan fingerprint density at radius 3 is 2.36 bits per heavy atom. The molecule has 0 spiro atoms. The first kappa shape index (κ1) is 21.6. The number of benzene rings is 2. The van der Waals surface area contributed by atoms with E-state index in [-0.39, 0.29) is 29.6 Å². The van der Waals surface area contributed by atoms with E-state index < -0.39 is 0 Å². The molecule has 1 aliphatic carbocycles. The van der Waals surface area contributed by atoms with E-state index in [4.69, 9.17) is 4.52 Å². The Bertz CT molecular complexity index is 1120. The molecule has 2 amide bonds. The molecular weight excluding hydrogens is 418 g/mol. The van der Waals surface area contributed by atoms with Crippen molar-refractivity contribution in [2.45, 2.75) is 50.5 Å². The molecule has 33 heavy (non-hydrogen) atoms. The molecular formula is C26H29N3O4. The van der Waals surface area contributed by atoms with Gasteiger partial charge in [-0.3, -0.25) is 9.59 Å². The van der Waals surface area contributed by atoms with E-state index in [0.29, 0.717) is 48.4 Å². The van der Waals surface area contributed by atoms with Gasteiger partial charge >= 0.3 is 0 Å². The smallest absolute Gasteiger partial charge is 0.294 e. The first-order valence-electron chi connectivity index (χ1n) is 11.8. The van der Waals surface area contributed by atoms with Gasteiger partial charge in [0.25, 0.3) is 5.91 Å². The van der Waals surface area contributed by atoms with Crippen LogP contribution in [0.2, 0.25) is 0 Å². The van der Waals surface area contributed by atoms with Crippen molar-refractivity contribution < 1.29 is 19.2 Å². The molecule has 2 aromatic carbocycles. The monoisotopic (exact) mass is 447 g/mol. The van der Waals surface area contributed by atoms with Gasteiger partial charge in [-0.25, -0.2) is 0 Å². The van der Waals surface area contributed by atoms with Crippen molar-refractivity contribution in [3.05, 3.63) is 59.9 Å². The van der Waals surface area contributed by atoms with Crippen molar-refractivity contribution in [3.8, 4) is 0 Å². The summed E-state index contributed by atoms with van der Waals surface area (Å²) in [5, 5.41) is 17.2. The number of carbonyl (C=O) groups is 2. The van der Waals surface area contributed by atoms with Gasteiger partial charge in [0, 0.05) is 24.7 Å². The zero-order valence-corrected chi connectivity index (χ0v) is 18.6. The minimum atomic E-state index is -0.319. The maximum Gasteiger partial charge on any atom is 0.294 e. The Balaban J connectivity index is 1.16. The average Bonchev–Trinajstić information content (AvgIpc) is 3.29. The Kier molecular flexibility index (Phi) is 6.13. The van der Waals surface area contributed by atoms with Crippen LogP contribution in [0.3, 0.4) is 0 Å². The average molecular weight is 448 g/mol. The number of aromatic nitrogens is 1. The van der Waals surface area contributed by atoms with E-state index in [2.05, 4.69) is 22.6 Å². The van der Waals surface area contributed by atoms with Crippen molar-refractivity contribution in [1.29, 1.82) is 0 Å². The summed E-state index contributed by atoms with van der Waals surface area (Å²) < 4.78 is 5.24. The van der Waals surface area contributed by atoms with Crippen LogP contribution in [0.1, 0.15) is 60.6 Å².